The topological polar surface area (TPSA) is 63.6 Å². The van der Waals surface area contributed by atoms with Crippen molar-refractivity contribution in [2.24, 2.45) is 0 Å². The second-order valence-electron chi connectivity index (χ2n) is 4.28. The molecule has 0 aromatic heterocycles. The van der Waals surface area contributed by atoms with Crippen LogP contribution >= 0.6 is 0 Å². The highest BCUT2D eigenvalue weighted by Gasteiger charge is 2.23. The molecule has 0 bridgehead atoms. The van der Waals surface area contributed by atoms with Crippen LogP contribution in [0.3, 0.4) is 0 Å². The van der Waals surface area contributed by atoms with Crippen molar-refractivity contribution in [3.05, 3.63) is 53.6 Å². The highest BCUT2D eigenvalue weighted by atomic mass is 16.6. The van der Waals surface area contributed by atoms with Gasteiger partial charge in [-0.05, 0) is 22.4 Å². The number of carbonyl (C=O) groups excluding carboxylic acids is 1. The smallest absolute Gasteiger partial charge is 0.418 e. The summed E-state index contributed by atoms with van der Waals surface area (Å²) < 4.78 is 4.97. The standard InChI is InChI=1S/C15H10O4/c16-14(17)15(18)19-12-8-7-10-4-1-3-9-5-2-6-11(12)13(9)10/h1-8,12H,(H,16,17). The van der Waals surface area contributed by atoms with E-state index in [-0.39, 0.29) is 0 Å². The third-order valence-electron chi connectivity index (χ3n) is 3.13. The van der Waals surface area contributed by atoms with Crippen LogP contribution in [0.5, 0.6) is 0 Å². The Morgan fingerprint density at radius 1 is 1.11 bits per heavy atom. The maximum absolute atomic E-state index is 11.2. The number of hydrogen-bond acceptors (Lipinski definition) is 3. The number of esters is 1. The molecule has 0 heterocycles. The first-order chi connectivity index (χ1) is 9.16. The summed E-state index contributed by atoms with van der Waals surface area (Å²) in [4.78, 5) is 21.7. The Labute approximate surface area is 108 Å². The fourth-order valence-electron chi connectivity index (χ4n) is 2.34. The largest absolute Gasteiger partial charge is 0.473 e. The van der Waals surface area contributed by atoms with Gasteiger partial charge in [0, 0.05) is 5.56 Å². The molecule has 19 heavy (non-hydrogen) atoms. The quantitative estimate of drug-likeness (QED) is 0.627. The van der Waals surface area contributed by atoms with Crippen molar-refractivity contribution in [2.45, 2.75) is 6.10 Å². The molecule has 0 spiro atoms. The Hall–Kier alpha value is -2.62. The Kier molecular flexibility index (Phi) is 2.56. The van der Waals surface area contributed by atoms with E-state index >= 15 is 0 Å². The first-order valence-electron chi connectivity index (χ1n) is 5.80. The molecule has 0 saturated heterocycles. The minimum absolute atomic E-state index is 0.651. The zero-order valence-corrected chi connectivity index (χ0v) is 9.87. The highest BCUT2D eigenvalue weighted by molar-refractivity contribution is 6.28. The van der Waals surface area contributed by atoms with Crippen molar-refractivity contribution in [1.29, 1.82) is 0 Å². The van der Waals surface area contributed by atoms with Gasteiger partial charge in [0.15, 0.2) is 0 Å². The van der Waals surface area contributed by atoms with E-state index < -0.39 is 18.0 Å². The van der Waals surface area contributed by atoms with Crippen molar-refractivity contribution in [2.75, 3.05) is 0 Å². The first kappa shape index (κ1) is 11.5. The first-order valence-corrected chi connectivity index (χ1v) is 5.80. The van der Waals surface area contributed by atoms with Gasteiger partial charge in [-0.15, -0.1) is 0 Å². The molecule has 2 aromatic carbocycles. The zero-order valence-electron chi connectivity index (χ0n) is 9.87. The molecule has 0 amide bonds. The van der Waals surface area contributed by atoms with E-state index in [1.807, 2.05) is 42.5 Å². The molecule has 1 N–H and O–H groups in total. The van der Waals surface area contributed by atoms with Crippen molar-refractivity contribution >= 4 is 28.8 Å². The minimum Gasteiger partial charge on any atom is -0.473 e. The molecule has 1 aliphatic rings. The lowest BCUT2D eigenvalue weighted by Gasteiger charge is -2.20. The molecule has 3 rings (SSSR count). The molecule has 4 nitrogen and oxygen atoms in total. The number of rotatable bonds is 1. The number of ether oxygens (including phenoxy) is 1. The van der Waals surface area contributed by atoms with Gasteiger partial charge in [-0.1, -0.05) is 42.5 Å². The SMILES string of the molecule is O=C(O)C(=O)OC1C=Cc2cccc3cccc1c23. The van der Waals surface area contributed by atoms with Crippen LogP contribution in [-0.4, -0.2) is 17.0 Å². The molecule has 1 unspecified atom stereocenters. The van der Waals surface area contributed by atoms with Crippen LogP contribution in [-0.2, 0) is 14.3 Å². The molecule has 1 aliphatic carbocycles. The lowest BCUT2D eigenvalue weighted by atomic mass is 9.91. The Bertz CT molecular complexity index is 710. The maximum atomic E-state index is 11.2. The van der Waals surface area contributed by atoms with Crippen molar-refractivity contribution in [1.82, 2.24) is 0 Å². The summed E-state index contributed by atoms with van der Waals surface area (Å²) in [6.45, 7) is 0. The van der Waals surface area contributed by atoms with Crippen molar-refractivity contribution in [3.8, 4) is 0 Å². The molecular formula is C15H10O4. The van der Waals surface area contributed by atoms with E-state index in [9.17, 15) is 9.59 Å². The van der Waals surface area contributed by atoms with E-state index in [0.29, 0.717) is 0 Å². The predicted octanol–water partition coefficient (Wildman–Crippen LogP) is 2.54. The van der Waals surface area contributed by atoms with Crippen LogP contribution in [0.15, 0.2) is 42.5 Å². The third kappa shape index (κ3) is 1.87. The maximum Gasteiger partial charge on any atom is 0.418 e. The molecule has 0 aliphatic heterocycles. The molecule has 0 radical (unpaired) electrons. The second-order valence-corrected chi connectivity index (χ2v) is 4.28. The molecular weight excluding hydrogens is 244 g/mol. The van der Waals surface area contributed by atoms with Gasteiger partial charge in [-0.2, -0.15) is 0 Å². The summed E-state index contributed by atoms with van der Waals surface area (Å²) in [6, 6.07) is 11.6. The molecule has 4 heteroatoms. The van der Waals surface area contributed by atoms with Gasteiger partial charge in [-0.3, -0.25) is 0 Å². The van der Waals surface area contributed by atoms with E-state index in [0.717, 1.165) is 21.9 Å². The monoisotopic (exact) mass is 254 g/mol. The minimum atomic E-state index is -1.58. The van der Waals surface area contributed by atoms with Crippen LogP contribution < -0.4 is 0 Å². The van der Waals surface area contributed by atoms with Gasteiger partial charge >= 0.3 is 11.9 Å². The molecule has 0 fully saturated rings. The third-order valence-corrected chi connectivity index (χ3v) is 3.13. The Balaban J connectivity index is 2.09. The normalized spacial score (nSPS) is 16.3. The summed E-state index contributed by atoms with van der Waals surface area (Å²) in [5.41, 5.74) is 1.85. The fourth-order valence-corrected chi connectivity index (χ4v) is 2.34. The molecule has 2 aromatic rings. The van der Waals surface area contributed by atoms with Gasteiger partial charge in [-0.25, -0.2) is 9.59 Å². The van der Waals surface area contributed by atoms with Crippen molar-refractivity contribution < 1.29 is 19.4 Å². The Morgan fingerprint density at radius 3 is 2.58 bits per heavy atom. The summed E-state index contributed by atoms with van der Waals surface area (Å²) in [5.74, 6) is -2.83. The van der Waals surface area contributed by atoms with Gasteiger partial charge in [0.2, 0.25) is 0 Å². The number of carbonyl (C=O) groups is 2. The van der Waals surface area contributed by atoms with Gasteiger partial charge in [0.25, 0.3) is 0 Å². The zero-order chi connectivity index (χ0) is 13.4. The summed E-state index contributed by atoms with van der Waals surface area (Å²) in [5, 5.41) is 10.6. The van der Waals surface area contributed by atoms with Crippen LogP contribution in [0.25, 0.3) is 16.8 Å². The van der Waals surface area contributed by atoms with Crippen LogP contribution in [0, 0.1) is 0 Å². The number of hydrogen-bond donors (Lipinski definition) is 1. The Morgan fingerprint density at radius 2 is 1.84 bits per heavy atom. The summed E-state index contributed by atoms with van der Waals surface area (Å²) >= 11 is 0. The lowest BCUT2D eigenvalue weighted by Crippen LogP contribution is -2.19. The summed E-state index contributed by atoms with van der Waals surface area (Å²) in [6.07, 6.45) is 2.88. The fraction of sp³-hybridized carbons (Fsp3) is 0.0667. The number of benzene rings is 2. The lowest BCUT2D eigenvalue weighted by molar-refractivity contribution is -0.166. The molecule has 0 saturated carbocycles. The van der Waals surface area contributed by atoms with E-state index in [4.69, 9.17) is 9.84 Å². The number of aliphatic carboxylic acids is 1. The molecule has 1 atom stereocenters. The summed E-state index contributed by atoms with van der Waals surface area (Å²) in [7, 11) is 0. The number of carboxylic acids is 1. The average molecular weight is 254 g/mol. The van der Waals surface area contributed by atoms with Gasteiger partial charge in [0.05, 0.1) is 0 Å². The molecule has 94 valence electrons. The van der Waals surface area contributed by atoms with Crippen LogP contribution in [0.4, 0.5) is 0 Å². The van der Waals surface area contributed by atoms with E-state index in [1.54, 1.807) is 6.08 Å². The highest BCUT2D eigenvalue weighted by Crippen LogP contribution is 2.35. The van der Waals surface area contributed by atoms with Gasteiger partial charge in [0.1, 0.15) is 6.10 Å². The number of carboxylic acid groups (broad SMARTS) is 1. The second kappa shape index (κ2) is 4.24. The van der Waals surface area contributed by atoms with Crippen LogP contribution in [0.1, 0.15) is 17.2 Å². The predicted molar refractivity (Wildman–Crippen MR) is 69.5 cm³/mol. The van der Waals surface area contributed by atoms with E-state index in [1.165, 1.54) is 0 Å². The van der Waals surface area contributed by atoms with Crippen molar-refractivity contribution in [3.63, 3.8) is 0 Å². The van der Waals surface area contributed by atoms with E-state index in [2.05, 4.69) is 0 Å². The average Bonchev–Trinajstić information content (AvgIpc) is 2.42. The van der Waals surface area contributed by atoms with Crippen LogP contribution in [0.2, 0.25) is 0 Å². The van der Waals surface area contributed by atoms with Gasteiger partial charge < -0.3 is 9.84 Å².